The molecule has 7 heteroatoms. The average Bonchev–Trinajstić information content (AvgIpc) is 2.85. The van der Waals surface area contributed by atoms with Gasteiger partial charge in [-0.1, -0.05) is 29.9 Å². The van der Waals surface area contributed by atoms with Crippen molar-refractivity contribution in [2.45, 2.75) is 4.90 Å². The van der Waals surface area contributed by atoms with Gasteiger partial charge >= 0.3 is 0 Å². The SMILES string of the molecule is C=Cn1nnc(NC(=O)CSc2ccccc2)n1. The molecule has 2 aromatic rings. The number of nitrogens with one attached hydrogen (secondary N) is 1. The van der Waals surface area contributed by atoms with E-state index in [9.17, 15) is 4.79 Å². The Morgan fingerprint density at radius 3 is 2.89 bits per heavy atom. The number of hydrogen-bond donors (Lipinski definition) is 1. The summed E-state index contributed by atoms with van der Waals surface area (Å²) in [7, 11) is 0. The summed E-state index contributed by atoms with van der Waals surface area (Å²) < 4.78 is 0. The number of carbonyl (C=O) groups is 1. The van der Waals surface area contributed by atoms with E-state index in [2.05, 4.69) is 27.3 Å². The van der Waals surface area contributed by atoms with Gasteiger partial charge in [-0.25, -0.2) is 0 Å². The Morgan fingerprint density at radius 2 is 2.22 bits per heavy atom. The van der Waals surface area contributed by atoms with Gasteiger partial charge in [0.05, 0.1) is 5.75 Å². The summed E-state index contributed by atoms with van der Waals surface area (Å²) in [4.78, 5) is 13.8. The van der Waals surface area contributed by atoms with E-state index in [1.165, 1.54) is 22.8 Å². The Bertz CT molecular complexity index is 539. The lowest BCUT2D eigenvalue weighted by molar-refractivity contribution is -0.113. The molecule has 18 heavy (non-hydrogen) atoms. The van der Waals surface area contributed by atoms with Crippen molar-refractivity contribution in [1.29, 1.82) is 0 Å². The minimum absolute atomic E-state index is 0.174. The molecule has 1 aromatic carbocycles. The van der Waals surface area contributed by atoms with Crippen LogP contribution in [0.3, 0.4) is 0 Å². The van der Waals surface area contributed by atoms with Crippen LogP contribution in [0.15, 0.2) is 41.8 Å². The minimum atomic E-state index is -0.174. The lowest BCUT2D eigenvalue weighted by Crippen LogP contribution is -2.15. The molecule has 0 spiro atoms. The van der Waals surface area contributed by atoms with Gasteiger partial charge in [0.1, 0.15) is 0 Å². The molecule has 0 aliphatic carbocycles. The first kappa shape index (κ1) is 12.3. The molecule has 0 aliphatic rings. The number of amides is 1. The molecular weight excluding hydrogens is 250 g/mol. The van der Waals surface area contributed by atoms with Crippen LogP contribution in [0.2, 0.25) is 0 Å². The van der Waals surface area contributed by atoms with Crippen LogP contribution in [0.4, 0.5) is 5.95 Å². The van der Waals surface area contributed by atoms with Gasteiger partial charge in [-0.3, -0.25) is 10.1 Å². The van der Waals surface area contributed by atoms with Crippen molar-refractivity contribution < 1.29 is 4.79 Å². The summed E-state index contributed by atoms with van der Waals surface area (Å²) >= 11 is 1.45. The van der Waals surface area contributed by atoms with E-state index in [0.717, 1.165) is 4.90 Å². The number of anilines is 1. The smallest absolute Gasteiger partial charge is 0.270 e. The second-order valence-corrected chi connectivity index (χ2v) is 4.31. The van der Waals surface area contributed by atoms with E-state index in [1.54, 1.807) is 0 Å². The van der Waals surface area contributed by atoms with E-state index >= 15 is 0 Å². The van der Waals surface area contributed by atoms with Crippen LogP contribution in [0.25, 0.3) is 6.20 Å². The third kappa shape index (κ3) is 3.42. The molecule has 0 unspecified atom stereocenters. The standard InChI is InChI=1S/C11H11N5OS/c1-2-16-14-11(13-15-16)12-10(17)8-18-9-6-4-3-5-7-9/h2-7H,1,8H2,(H,12,14,17). The summed E-state index contributed by atoms with van der Waals surface area (Å²) in [6.07, 6.45) is 1.39. The zero-order valence-corrected chi connectivity index (χ0v) is 10.3. The highest BCUT2D eigenvalue weighted by Gasteiger charge is 2.07. The Balaban J connectivity index is 1.84. The van der Waals surface area contributed by atoms with E-state index in [1.807, 2.05) is 30.3 Å². The molecule has 0 bridgehead atoms. The molecule has 0 atom stereocenters. The zero-order valence-electron chi connectivity index (χ0n) is 9.48. The Hall–Kier alpha value is -2.15. The molecule has 1 heterocycles. The van der Waals surface area contributed by atoms with Crippen LogP contribution >= 0.6 is 11.8 Å². The number of rotatable bonds is 5. The van der Waals surface area contributed by atoms with Crippen LogP contribution < -0.4 is 5.32 Å². The van der Waals surface area contributed by atoms with E-state index in [4.69, 9.17) is 0 Å². The lowest BCUT2D eigenvalue weighted by atomic mass is 10.4. The van der Waals surface area contributed by atoms with Gasteiger partial charge in [0.15, 0.2) is 0 Å². The predicted molar refractivity (Wildman–Crippen MR) is 70.0 cm³/mol. The number of aromatic nitrogens is 4. The Morgan fingerprint density at radius 1 is 1.44 bits per heavy atom. The van der Waals surface area contributed by atoms with Crippen LogP contribution in [0.5, 0.6) is 0 Å². The normalized spacial score (nSPS) is 10.0. The number of tetrazole rings is 1. The molecule has 0 aliphatic heterocycles. The predicted octanol–water partition coefficient (Wildman–Crippen LogP) is 1.50. The van der Waals surface area contributed by atoms with E-state index in [-0.39, 0.29) is 11.9 Å². The van der Waals surface area contributed by atoms with Crippen molar-refractivity contribution in [1.82, 2.24) is 20.2 Å². The molecule has 0 fully saturated rings. The monoisotopic (exact) mass is 261 g/mol. The van der Waals surface area contributed by atoms with Crippen LogP contribution in [0.1, 0.15) is 0 Å². The van der Waals surface area contributed by atoms with Gasteiger partial charge in [0.2, 0.25) is 5.91 Å². The number of thioether (sulfide) groups is 1. The third-order valence-corrected chi connectivity index (χ3v) is 2.97. The number of carbonyl (C=O) groups excluding carboxylic acids is 1. The summed E-state index contributed by atoms with van der Waals surface area (Å²) in [6.45, 7) is 3.48. The highest BCUT2D eigenvalue weighted by molar-refractivity contribution is 8.00. The van der Waals surface area contributed by atoms with Crippen molar-refractivity contribution in [2.24, 2.45) is 0 Å². The summed E-state index contributed by atoms with van der Waals surface area (Å²) in [5.41, 5.74) is 0. The fourth-order valence-corrected chi connectivity index (χ4v) is 1.90. The van der Waals surface area contributed by atoms with E-state index < -0.39 is 0 Å². The minimum Gasteiger partial charge on any atom is -0.291 e. The van der Waals surface area contributed by atoms with Crippen LogP contribution in [-0.4, -0.2) is 31.9 Å². The second-order valence-electron chi connectivity index (χ2n) is 3.27. The topological polar surface area (TPSA) is 72.7 Å². The quantitative estimate of drug-likeness (QED) is 0.826. The highest BCUT2D eigenvalue weighted by atomic mass is 32.2. The molecule has 6 nitrogen and oxygen atoms in total. The van der Waals surface area contributed by atoms with Crippen molar-refractivity contribution in [3.05, 3.63) is 36.9 Å². The molecule has 0 saturated heterocycles. The zero-order chi connectivity index (χ0) is 12.8. The fourth-order valence-electron chi connectivity index (χ4n) is 1.18. The third-order valence-electron chi connectivity index (χ3n) is 1.96. The largest absolute Gasteiger partial charge is 0.291 e. The maximum absolute atomic E-state index is 11.6. The summed E-state index contributed by atoms with van der Waals surface area (Å²) in [5, 5.41) is 13.7. The van der Waals surface area contributed by atoms with E-state index in [0.29, 0.717) is 5.75 Å². The van der Waals surface area contributed by atoms with Crippen LogP contribution in [-0.2, 0) is 4.79 Å². The molecular formula is C11H11N5OS. The Labute approximate surface area is 108 Å². The van der Waals surface area contributed by atoms with Gasteiger partial charge in [-0.2, -0.15) is 0 Å². The van der Waals surface area contributed by atoms with Crippen molar-refractivity contribution in [3.8, 4) is 0 Å². The maximum atomic E-state index is 11.6. The molecule has 1 N–H and O–H groups in total. The number of hydrogen-bond acceptors (Lipinski definition) is 5. The average molecular weight is 261 g/mol. The first-order valence-corrected chi connectivity index (χ1v) is 6.16. The maximum Gasteiger partial charge on any atom is 0.270 e. The molecule has 1 aromatic heterocycles. The Kier molecular flexibility index (Phi) is 4.08. The highest BCUT2D eigenvalue weighted by Crippen LogP contribution is 2.16. The van der Waals surface area contributed by atoms with Gasteiger partial charge in [-0.15, -0.1) is 21.7 Å². The van der Waals surface area contributed by atoms with Crippen molar-refractivity contribution in [2.75, 3.05) is 11.1 Å². The summed E-state index contributed by atoms with van der Waals surface area (Å²) in [6, 6.07) is 9.69. The van der Waals surface area contributed by atoms with Gasteiger partial charge in [0.25, 0.3) is 5.95 Å². The van der Waals surface area contributed by atoms with Crippen molar-refractivity contribution >= 4 is 29.8 Å². The molecule has 2 rings (SSSR count). The first-order chi connectivity index (χ1) is 8.78. The molecule has 92 valence electrons. The van der Waals surface area contributed by atoms with Gasteiger partial charge < -0.3 is 0 Å². The summed E-state index contributed by atoms with van der Waals surface area (Å²) in [5.74, 6) is 0.299. The number of nitrogens with zero attached hydrogens (tertiary/aromatic N) is 4. The number of benzene rings is 1. The fraction of sp³-hybridized carbons (Fsp3) is 0.0909. The van der Waals surface area contributed by atoms with Crippen LogP contribution in [0, 0.1) is 0 Å². The van der Waals surface area contributed by atoms with Crippen molar-refractivity contribution in [3.63, 3.8) is 0 Å². The van der Waals surface area contributed by atoms with Gasteiger partial charge in [0, 0.05) is 11.1 Å². The lowest BCUT2D eigenvalue weighted by Gasteiger charge is -2.00. The molecule has 1 amide bonds. The van der Waals surface area contributed by atoms with Gasteiger partial charge in [-0.05, 0) is 17.3 Å². The second kappa shape index (κ2) is 5.97. The molecule has 0 radical (unpaired) electrons. The molecule has 0 saturated carbocycles. The first-order valence-electron chi connectivity index (χ1n) is 5.17.